The Hall–Kier alpha value is -4.68. The standard InChI is InChI=1S/C22H14Cl2N8O4/c23-17-7-5-13(9-19(17)31(33)34)11-25-27-21-15-3-1-2-4-16(15)22(30-29-21)28-26-12-14-6-8-18(24)20(10-14)32(35)36/h1-12H,(H,27,29)(H,28,30). The summed E-state index contributed by atoms with van der Waals surface area (Å²) < 4.78 is 0. The number of nitro benzene ring substituents is 2. The Bertz CT molecular complexity index is 1430. The van der Waals surface area contributed by atoms with Crippen LogP contribution in [0.25, 0.3) is 10.8 Å². The molecule has 0 fully saturated rings. The van der Waals surface area contributed by atoms with E-state index in [1.807, 2.05) is 0 Å². The Morgan fingerprint density at radius 2 is 1.14 bits per heavy atom. The summed E-state index contributed by atoms with van der Waals surface area (Å²) in [6.07, 6.45) is 2.78. The van der Waals surface area contributed by atoms with Gasteiger partial charge in [0.15, 0.2) is 11.6 Å². The molecule has 4 rings (SSSR count). The van der Waals surface area contributed by atoms with Gasteiger partial charge in [-0.25, -0.2) is 0 Å². The first-order valence-corrected chi connectivity index (χ1v) is 10.8. The molecule has 0 aliphatic rings. The van der Waals surface area contributed by atoms with Crippen LogP contribution in [0.2, 0.25) is 10.0 Å². The summed E-state index contributed by atoms with van der Waals surface area (Å²) in [5.74, 6) is 0.682. The highest BCUT2D eigenvalue weighted by molar-refractivity contribution is 6.33. The fourth-order valence-corrected chi connectivity index (χ4v) is 3.48. The molecule has 180 valence electrons. The van der Waals surface area contributed by atoms with E-state index in [1.165, 1.54) is 36.7 Å². The van der Waals surface area contributed by atoms with Gasteiger partial charge in [0.2, 0.25) is 0 Å². The van der Waals surface area contributed by atoms with Crippen molar-refractivity contribution in [3.8, 4) is 0 Å². The van der Waals surface area contributed by atoms with E-state index in [0.29, 0.717) is 33.5 Å². The number of hydrogen-bond donors (Lipinski definition) is 2. The lowest BCUT2D eigenvalue weighted by Crippen LogP contribution is -2.02. The van der Waals surface area contributed by atoms with Gasteiger partial charge in [0.1, 0.15) is 10.0 Å². The third kappa shape index (κ3) is 5.51. The zero-order chi connectivity index (χ0) is 25.7. The summed E-state index contributed by atoms with van der Waals surface area (Å²) in [6.45, 7) is 0. The van der Waals surface area contributed by atoms with Crippen LogP contribution in [0.5, 0.6) is 0 Å². The van der Waals surface area contributed by atoms with E-state index in [-0.39, 0.29) is 21.4 Å². The lowest BCUT2D eigenvalue weighted by molar-refractivity contribution is -0.384. The van der Waals surface area contributed by atoms with Crippen molar-refractivity contribution in [1.29, 1.82) is 0 Å². The molecule has 14 heteroatoms. The predicted molar refractivity (Wildman–Crippen MR) is 138 cm³/mol. The van der Waals surface area contributed by atoms with Gasteiger partial charge < -0.3 is 0 Å². The second-order valence-corrected chi connectivity index (χ2v) is 7.93. The molecule has 3 aromatic carbocycles. The maximum Gasteiger partial charge on any atom is 0.288 e. The number of halogens is 2. The second kappa shape index (κ2) is 10.7. The van der Waals surface area contributed by atoms with Crippen LogP contribution in [0.3, 0.4) is 0 Å². The molecule has 1 heterocycles. The van der Waals surface area contributed by atoms with Gasteiger partial charge in [-0.05, 0) is 12.1 Å². The molecule has 0 saturated carbocycles. The first-order chi connectivity index (χ1) is 17.3. The average Bonchev–Trinajstić information content (AvgIpc) is 2.86. The molecule has 0 bridgehead atoms. The number of anilines is 2. The van der Waals surface area contributed by atoms with Crippen molar-refractivity contribution in [2.24, 2.45) is 10.2 Å². The van der Waals surface area contributed by atoms with Crippen LogP contribution >= 0.6 is 23.2 Å². The van der Waals surface area contributed by atoms with Crippen molar-refractivity contribution >= 4 is 69.4 Å². The summed E-state index contributed by atoms with van der Waals surface area (Å²) in [7, 11) is 0. The summed E-state index contributed by atoms with van der Waals surface area (Å²) in [5, 5.41) is 39.9. The zero-order valence-electron chi connectivity index (χ0n) is 18.0. The Labute approximate surface area is 212 Å². The molecule has 0 radical (unpaired) electrons. The van der Waals surface area contributed by atoms with Crippen LogP contribution in [0, 0.1) is 20.2 Å². The number of nitro groups is 2. The van der Waals surface area contributed by atoms with Crippen molar-refractivity contribution < 1.29 is 9.85 Å². The number of aromatic nitrogens is 2. The summed E-state index contributed by atoms with van der Waals surface area (Å²) in [6, 6.07) is 15.8. The Morgan fingerprint density at radius 3 is 1.53 bits per heavy atom. The fraction of sp³-hybridized carbons (Fsp3) is 0. The van der Waals surface area contributed by atoms with Crippen LogP contribution < -0.4 is 10.9 Å². The summed E-state index contributed by atoms with van der Waals surface area (Å²) >= 11 is 11.7. The van der Waals surface area contributed by atoms with Gasteiger partial charge in [0.05, 0.1) is 22.3 Å². The molecule has 0 atom stereocenters. The lowest BCUT2D eigenvalue weighted by Gasteiger charge is -2.08. The number of fused-ring (bicyclic) bond motifs is 1. The first-order valence-electron chi connectivity index (χ1n) is 10.0. The number of hydrogen-bond acceptors (Lipinski definition) is 10. The fourth-order valence-electron chi connectivity index (χ4n) is 3.10. The molecular weight excluding hydrogens is 511 g/mol. The Kier molecular flexibility index (Phi) is 7.28. The number of rotatable bonds is 8. The molecule has 0 unspecified atom stereocenters. The smallest absolute Gasteiger partial charge is 0.259 e. The molecule has 0 spiro atoms. The highest BCUT2D eigenvalue weighted by atomic mass is 35.5. The van der Waals surface area contributed by atoms with Crippen molar-refractivity contribution in [2.45, 2.75) is 0 Å². The largest absolute Gasteiger partial charge is 0.288 e. The van der Waals surface area contributed by atoms with Crippen LogP contribution in [0.15, 0.2) is 70.9 Å². The quantitative estimate of drug-likeness (QED) is 0.170. The van der Waals surface area contributed by atoms with E-state index in [2.05, 4.69) is 31.3 Å². The SMILES string of the molecule is O=[N+]([O-])c1cc(C=NNc2nnc(NN=Cc3ccc(Cl)c([N+](=O)[O-])c3)c3ccccc23)ccc1Cl. The van der Waals surface area contributed by atoms with E-state index in [0.717, 1.165) is 0 Å². The molecule has 4 aromatic rings. The molecule has 0 aliphatic carbocycles. The number of benzene rings is 3. The normalized spacial score (nSPS) is 11.3. The highest BCUT2D eigenvalue weighted by Gasteiger charge is 2.13. The lowest BCUT2D eigenvalue weighted by atomic mass is 10.2. The van der Waals surface area contributed by atoms with E-state index in [9.17, 15) is 20.2 Å². The summed E-state index contributed by atoms with van der Waals surface area (Å²) in [5.41, 5.74) is 6.04. The van der Waals surface area contributed by atoms with Gasteiger partial charge in [0, 0.05) is 34.0 Å². The molecule has 0 saturated heterocycles. The zero-order valence-corrected chi connectivity index (χ0v) is 19.5. The van der Waals surface area contributed by atoms with Crippen LogP contribution in [-0.2, 0) is 0 Å². The first kappa shape index (κ1) is 24.4. The van der Waals surface area contributed by atoms with Gasteiger partial charge >= 0.3 is 0 Å². The van der Waals surface area contributed by atoms with Crippen molar-refractivity contribution in [3.05, 3.63) is 102 Å². The van der Waals surface area contributed by atoms with Crippen LogP contribution in [0.1, 0.15) is 11.1 Å². The van der Waals surface area contributed by atoms with Gasteiger partial charge in [-0.1, -0.05) is 59.6 Å². The predicted octanol–water partition coefficient (Wildman–Crippen LogP) is 5.65. The van der Waals surface area contributed by atoms with Crippen molar-refractivity contribution in [1.82, 2.24) is 10.2 Å². The van der Waals surface area contributed by atoms with Gasteiger partial charge in [0.25, 0.3) is 11.4 Å². The molecule has 1 aromatic heterocycles. The van der Waals surface area contributed by atoms with E-state index in [1.54, 1.807) is 36.4 Å². The summed E-state index contributed by atoms with van der Waals surface area (Å²) in [4.78, 5) is 21.0. The number of nitrogens with zero attached hydrogens (tertiary/aromatic N) is 6. The second-order valence-electron chi connectivity index (χ2n) is 7.12. The monoisotopic (exact) mass is 524 g/mol. The minimum atomic E-state index is -0.575. The van der Waals surface area contributed by atoms with Crippen molar-refractivity contribution in [2.75, 3.05) is 10.9 Å². The van der Waals surface area contributed by atoms with Crippen molar-refractivity contribution in [3.63, 3.8) is 0 Å². The highest BCUT2D eigenvalue weighted by Crippen LogP contribution is 2.27. The molecule has 0 amide bonds. The van der Waals surface area contributed by atoms with Crippen LogP contribution in [0.4, 0.5) is 23.0 Å². The minimum Gasteiger partial charge on any atom is -0.259 e. The van der Waals surface area contributed by atoms with Crippen LogP contribution in [-0.4, -0.2) is 32.5 Å². The molecule has 0 aliphatic heterocycles. The van der Waals surface area contributed by atoms with Gasteiger partial charge in [-0.2, -0.15) is 10.2 Å². The third-order valence-corrected chi connectivity index (χ3v) is 5.43. The van der Waals surface area contributed by atoms with E-state index < -0.39 is 9.85 Å². The maximum atomic E-state index is 11.1. The van der Waals surface area contributed by atoms with Gasteiger partial charge in [-0.3, -0.25) is 31.1 Å². The molecule has 12 nitrogen and oxygen atoms in total. The third-order valence-electron chi connectivity index (χ3n) is 4.79. The maximum absolute atomic E-state index is 11.1. The Balaban J connectivity index is 1.53. The average molecular weight is 525 g/mol. The molecule has 2 N–H and O–H groups in total. The Morgan fingerprint density at radius 1 is 0.722 bits per heavy atom. The number of hydrazone groups is 2. The number of nitrogens with one attached hydrogen (secondary N) is 2. The topological polar surface area (TPSA) is 161 Å². The molecule has 36 heavy (non-hydrogen) atoms. The van der Waals surface area contributed by atoms with E-state index in [4.69, 9.17) is 23.2 Å². The minimum absolute atomic E-state index is 0.0296. The molecular formula is C22H14Cl2N8O4. The van der Waals surface area contributed by atoms with Gasteiger partial charge in [-0.15, -0.1) is 10.2 Å². The van der Waals surface area contributed by atoms with E-state index >= 15 is 0 Å².